The van der Waals surface area contributed by atoms with Crippen molar-refractivity contribution in [2.45, 2.75) is 64.7 Å². The molecular formula is C16H26O. The van der Waals surface area contributed by atoms with Crippen molar-refractivity contribution in [3.05, 3.63) is 29.8 Å². The van der Waals surface area contributed by atoms with Gasteiger partial charge < -0.3 is 5.11 Å². The molecule has 0 amide bonds. The number of phenolic OH excluding ortho intramolecular Hbond substituents is 1. The first-order chi connectivity index (χ1) is 8.24. The molecule has 0 saturated heterocycles. The lowest BCUT2D eigenvalue weighted by Gasteiger charge is -2.11. The van der Waals surface area contributed by atoms with Crippen LogP contribution in [0.1, 0.15) is 70.3 Å². The maximum absolute atomic E-state index is 9.23. The summed E-state index contributed by atoms with van der Waals surface area (Å²) >= 11 is 0. The van der Waals surface area contributed by atoms with Gasteiger partial charge in [0.05, 0.1) is 0 Å². The molecule has 17 heavy (non-hydrogen) atoms. The van der Waals surface area contributed by atoms with Crippen molar-refractivity contribution < 1.29 is 5.11 Å². The Bertz CT molecular complexity index is 289. The maximum Gasteiger partial charge on any atom is 0.115 e. The Balaban J connectivity index is 2.16. The number of hydrogen-bond donors (Lipinski definition) is 1. The number of aromatic hydroxyl groups is 1. The molecule has 1 atom stereocenters. The molecule has 0 heterocycles. The molecular weight excluding hydrogens is 208 g/mol. The van der Waals surface area contributed by atoms with E-state index in [9.17, 15) is 5.11 Å². The Morgan fingerprint density at radius 3 is 2.18 bits per heavy atom. The van der Waals surface area contributed by atoms with Gasteiger partial charge in [-0.3, -0.25) is 0 Å². The summed E-state index contributed by atoms with van der Waals surface area (Å²) in [7, 11) is 0. The number of unbranched alkanes of at least 4 members (excludes halogenated alkanes) is 5. The number of phenols is 1. The molecule has 1 aromatic rings. The van der Waals surface area contributed by atoms with Gasteiger partial charge in [-0.1, -0.05) is 64.5 Å². The van der Waals surface area contributed by atoms with Crippen molar-refractivity contribution >= 4 is 0 Å². The highest BCUT2D eigenvalue weighted by atomic mass is 16.3. The van der Waals surface area contributed by atoms with E-state index < -0.39 is 0 Å². The van der Waals surface area contributed by atoms with Crippen LogP contribution in [0.5, 0.6) is 5.75 Å². The van der Waals surface area contributed by atoms with Crippen LogP contribution < -0.4 is 0 Å². The molecule has 0 saturated carbocycles. The minimum atomic E-state index is 0.362. The van der Waals surface area contributed by atoms with E-state index in [4.69, 9.17) is 0 Å². The normalized spacial score (nSPS) is 12.6. The minimum Gasteiger partial charge on any atom is -0.508 e. The van der Waals surface area contributed by atoms with E-state index in [0.29, 0.717) is 11.7 Å². The summed E-state index contributed by atoms with van der Waals surface area (Å²) in [5.41, 5.74) is 1.34. The highest BCUT2D eigenvalue weighted by Crippen LogP contribution is 2.23. The summed E-state index contributed by atoms with van der Waals surface area (Å²) < 4.78 is 0. The van der Waals surface area contributed by atoms with Crippen LogP contribution in [0.2, 0.25) is 0 Å². The van der Waals surface area contributed by atoms with Crippen molar-refractivity contribution in [3.63, 3.8) is 0 Å². The van der Waals surface area contributed by atoms with Crippen LogP contribution in [0.3, 0.4) is 0 Å². The van der Waals surface area contributed by atoms with E-state index in [0.717, 1.165) is 0 Å². The third-order valence-electron chi connectivity index (χ3n) is 3.45. The lowest BCUT2D eigenvalue weighted by Crippen LogP contribution is -1.93. The van der Waals surface area contributed by atoms with E-state index in [1.54, 1.807) is 12.1 Å². The number of rotatable bonds is 8. The third kappa shape index (κ3) is 5.76. The quantitative estimate of drug-likeness (QED) is 0.609. The fraction of sp³-hybridized carbons (Fsp3) is 0.625. The van der Waals surface area contributed by atoms with Crippen LogP contribution in [0, 0.1) is 0 Å². The SMILES string of the molecule is CCCCCCCCC(C)c1ccc(O)cc1. The van der Waals surface area contributed by atoms with Crippen LogP contribution in [0.4, 0.5) is 0 Å². The molecule has 0 fully saturated rings. The fourth-order valence-electron chi connectivity index (χ4n) is 2.20. The van der Waals surface area contributed by atoms with Gasteiger partial charge in [0.2, 0.25) is 0 Å². The van der Waals surface area contributed by atoms with Gasteiger partial charge in [-0.05, 0) is 30.0 Å². The van der Waals surface area contributed by atoms with Crippen LogP contribution in [0.15, 0.2) is 24.3 Å². The Labute approximate surface area is 106 Å². The molecule has 1 N–H and O–H groups in total. The van der Waals surface area contributed by atoms with Crippen molar-refractivity contribution in [2.24, 2.45) is 0 Å². The van der Waals surface area contributed by atoms with E-state index >= 15 is 0 Å². The Kier molecular flexibility index (Phi) is 6.76. The molecule has 1 heteroatoms. The van der Waals surface area contributed by atoms with Crippen LogP contribution >= 0.6 is 0 Å². The second-order valence-electron chi connectivity index (χ2n) is 5.05. The molecule has 1 aromatic carbocycles. The van der Waals surface area contributed by atoms with Crippen molar-refractivity contribution in [1.29, 1.82) is 0 Å². The predicted molar refractivity (Wildman–Crippen MR) is 74.5 cm³/mol. The first-order valence-electron chi connectivity index (χ1n) is 7.03. The molecule has 0 bridgehead atoms. The molecule has 0 radical (unpaired) electrons. The zero-order valence-electron chi connectivity index (χ0n) is 11.3. The first kappa shape index (κ1) is 14.1. The van der Waals surface area contributed by atoms with Gasteiger partial charge in [0.1, 0.15) is 5.75 Å². The van der Waals surface area contributed by atoms with Gasteiger partial charge in [-0.2, -0.15) is 0 Å². The maximum atomic E-state index is 9.23. The summed E-state index contributed by atoms with van der Waals surface area (Å²) in [6, 6.07) is 7.65. The molecule has 96 valence electrons. The van der Waals surface area contributed by atoms with Gasteiger partial charge in [-0.25, -0.2) is 0 Å². The van der Waals surface area contributed by atoms with Gasteiger partial charge in [0.15, 0.2) is 0 Å². The molecule has 0 aromatic heterocycles. The van der Waals surface area contributed by atoms with E-state index in [1.165, 1.54) is 50.5 Å². The summed E-state index contributed by atoms with van der Waals surface area (Å²) in [5, 5.41) is 9.23. The topological polar surface area (TPSA) is 20.2 Å². The Morgan fingerprint density at radius 1 is 0.941 bits per heavy atom. The fourth-order valence-corrected chi connectivity index (χ4v) is 2.20. The van der Waals surface area contributed by atoms with Gasteiger partial charge >= 0.3 is 0 Å². The molecule has 1 nitrogen and oxygen atoms in total. The predicted octanol–water partition coefficient (Wildman–Crippen LogP) is 5.25. The molecule has 0 aliphatic rings. The number of hydrogen-bond acceptors (Lipinski definition) is 1. The molecule has 0 aliphatic heterocycles. The smallest absolute Gasteiger partial charge is 0.115 e. The monoisotopic (exact) mass is 234 g/mol. The zero-order chi connectivity index (χ0) is 12.5. The van der Waals surface area contributed by atoms with Gasteiger partial charge in [-0.15, -0.1) is 0 Å². The summed E-state index contributed by atoms with van der Waals surface area (Å²) in [6.07, 6.45) is 9.43. The second kappa shape index (κ2) is 8.16. The molecule has 0 aliphatic carbocycles. The van der Waals surface area contributed by atoms with Gasteiger partial charge in [0, 0.05) is 0 Å². The average molecular weight is 234 g/mol. The highest BCUT2D eigenvalue weighted by Gasteiger charge is 2.04. The van der Waals surface area contributed by atoms with E-state index in [2.05, 4.69) is 13.8 Å². The van der Waals surface area contributed by atoms with E-state index in [1.807, 2.05) is 12.1 Å². The molecule has 1 rings (SSSR count). The molecule has 1 unspecified atom stereocenters. The Hall–Kier alpha value is -0.980. The average Bonchev–Trinajstić information content (AvgIpc) is 2.34. The third-order valence-corrected chi connectivity index (χ3v) is 3.45. The lowest BCUT2D eigenvalue weighted by molar-refractivity contribution is 0.474. The largest absolute Gasteiger partial charge is 0.508 e. The first-order valence-corrected chi connectivity index (χ1v) is 7.03. The summed E-state index contributed by atoms with van der Waals surface area (Å²) in [6.45, 7) is 4.53. The van der Waals surface area contributed by atoms with Crippen molar-refractivity contribution in [1.82, 2.24) is 0 Å². The van der Waals surface area contributed by atoms with Crippen molar-refractivity contribution in [3.8, 4) is 5.75 Å². The second-order valence-corrected chi connectivity index (χ2v) is 5.05. The van der Waals surface area contributed by atoms with Crippen LogP contribution in [0.25, 0.3) is 0 Å². The highest BCUT2D eigenvalue weighted by molar-refractivity contribution is 5.27. The summed E-state index contributed by atoms with van der Waals surface area (Å²) in [4.78, 5) is 0. The minimum absolute atomic E-state index is 0.362. The number of benzene rings is 1. The molecule has 0 spiro atoms. The standard InChI is InChI=1S/C16H26O/c1-3-4-5-6-7-8-9-14(2)15-10-12-16(17)13-11-15/h10-14,17H,3-9H2,1-2H3. The van der Waals surface area contributed by atoms with Crippen LogP contribution in [-0.4, -0.2) is 5.11 Å². The van der Waals surface area contributed by atoms with E-state index in [-0.39, 0.29) is 0 Å². The van der Waals surface area contributed by atoms with Crippen molar-refractivity contribution in [2.75, 3.05) is 0 Å². The van der Waals surface area contributed by atoms with Gasteiger partial charge in [0.25, 0.3) is 0 Å². The summed E-state index contributed by atoms with van der Waals surface area (Å²) in [5.74, 6) is 0.974. The lowest BCUT2D eigenvalue weighted by atomic mass is 9.94. The Morgan fingerprint density at radius 2 is 1.53 bits per heavy atom. The van der Waals surface area contributed by atoms with Crippen LogP contribution in [-0.2, 0) is 0 Å². The zero-order valence-corrected chi connectivity index (χ0v) is 11.3.